The van der Waals surface area contributed by atoms with E-state index >= 15 is 0 Å². The van der Waals surface area contributed by atoms with Crippen LogP contribution in [-0.4, -0.2) is 45.3 Å². The maximum absolute atomic E-state index is 10.2. The standard InChI is InChI=1S/C15H24O4/c1-12(4-6-13(2,18)7-5-12)14(3)8-10(16)11(17)15(14)9-19-15/h4,6,10-11,16-18H,5,7-9H2,1-3H3/t10-,11-,12-,13-,14-,15-/m1/s1. The van der Waals surface area contributed by atoms with Crippen molar-refractivity contribution in [1.29, 1.82) is 0 Å². The fourth-order valence-electron chi connectivity index (χ4n) is 4.13. The van der Waals surface area contributed by atoms with E-state index < -0.39 is 23.4 Å². The fraction of sp³-hybridized carbons (Fsp3) is 0.867. The normalized spacial score (nSPS) is 60.7. The molecule has 0 amide bonds. The van der Waals surface area contributed by atoms with Crippen molar-refractivity contribution in [2.24, 2.45) is 10.8 Å². The SMILES string of the molecule is C[C@]1([C@]2(C)C=C[C@@](C)(O)CC2)C[C@@H](O)[C@@H](O)[C@]12CO2. The first-order valence-electron chi connectivity index (χ1n) is 7.09. The predicted molar refractivity (Wildman–Crippen MR) is 70.5 cm³/mol. The minimum Gasteiger partial charge on any atom is -0.390 e. The molecular formula is C15H24O4. The highest BCUT2D eigenvalue weighted by molar-refractivity contribution is 5.27. The molecule has 1 heterocycles. The number of allylic oxidation sites excluding steroid dienone is 1. The molecule has 3 aliphatic rings. The minimum absolute atomic E-state index is 0.176. The zero-order valence-electron chi connectivity index (χ0n) is 11.9. The maximum Gasteiger partial charge on any atom is 0.126 e. The summed E-state index contributed by atoms with van der Waals surface area (Å²) < 4.78 is 5.62. The lowest BCUT2D eigenvalue weighted by atomic mass is 9.55. The third kappa shape index (κ3) is 1.60. The van der Waals surface area contributed by atoms with Crippen molar-refractivity contribution in [3.8, 4) is 0 Å². The largest absolute Gasteiger partial charge is 0.390 e. The van der Waals surface area contributed by atoms with Gasteiger partial charge in [-0.05, 0) is 31.6 Å². The summed E-state index contributed by atoms with van der Waals surface area (Å²) in [6.07, 6.45) is 4.46. The second-order valence-corrected chi connectivity index (χ2v) is 7.33. The molecule has 2 aliphatic carbocycles. The van der Waals surface area contributed by atoms with Crippen molar-refractivity contribution in [1.82, 2.24) is 0 Å². The number of ether oxygens (including phenoxy) is 1. The van der Waals surface area contributed by atoms with Gasteiger partial charge in [-0.25, -0.2) is 0 Å². The van der Waals surface area contributed by atoms with Gasteiger partial charge in [-0.3, -0.25) is 0 Å². The van der Waals surface area contributed by atoms with E-state index in [-0.39, 0.29) is 10.8 Å². The molecule has 19 heavy (non-hydrogen) atoms. The molecule has 3 rings (SSSR count). The van der Waals surface area contributed by atoms with Crippen molar-refractivity contribution in [3.63, 3.8) is 0 Å². The lowest BCUT2D eigenvalue weighted by molar-refractivity contribution is -0.0359. The first kappa shape index (κ1) is 13.6. The molecule has 6 atom stereocenters. The van der Waals surface area contributed by atoms with Gasteiger partial charge in [0.05, 0.1) is 18.3 Å². The Labute approximate surface area is 114 Å². The maximum atomic E-state index is 10.2. The van der Waals surface area contributed by atoms with Crippen LogP contribution < -0.4 is 0 Å². The molecule has 2 fully saturated rings. The van der Waals surface area contributed by atoms with Gasteiger partial charge < -0.3 is 20.1 Å². The Hall–Kier alpha value is -0.420. The summed E-state index contributed by atoms with van der Waals surface area (Å²) in [7, 11) is 0. The zero-order valence-corrected chi connectivity index (χ0v) is 11.9. The van der Waals surface area contributed by atoms with E-state index in [0.29, 0.717) is 19.4 Å². The molecular weight excluding hydrogens is 244 g/mol. The molecule has 108 valence electrons. The van der Waals surface area contributed by atoms with E-state index in [1.54, 1.807) is 0 Å². The average Bonchev–Trinajstić information content (AvgIpc) is 3.10. The number of aliphatic hydroxyl groups is 3. The Kier molecular flexibility index (Phi) is 2.58. The molecule has 3 N–H and O–H groups in total. The Bertz CT molecular complexity index is 426. The second kappa shape index (κ2) is 3.61. The molecule has 0 unspecified atom stereocenters. The van der Waals surface area contributed by atoms with Crippen LogP contribution in [0.2, 0.25) is 0 Å². The van der Waals surface area contributed by atoms with Crippen LogP contribution in [0.1, 0.15) is 40.0 Å². The molecule has 1 aliphatic heterocycles. The van der Waals surface area contributed by atoms with Crippen LogP contribution in [0.25, 0.3) is 0 Å². The van der Waals surface area contributed by atoms with Gasteiger partial charge in [-0.2, -0.15) is 0 Å². The first-order valence-corrected chi connectivity index (χ1v) is 7.09. The van der Waals surface area contributed by atoms with Gasteiger partial charge in [-0.15, -0.1) is 0 Å². The van der Waals surface area contributed by atoms with Crippen LogP contribution in [-0.2, 0) is 4.74 Å². The van der Waals surface area contributed by atoms with E-state index in [2.05, 4.69) is 19.9 Å². The number of rotatable bonds is 1. The quantitative estimate of drug-likeness (QED) is 0.490. The summed E-state index contributed by atoms with van der Waals surface area (Å²) in [5.74, 6) is 0. The minimum atomic E-state index is -0.801. The second-order valence-electron chi connectivity index (χ2n) is 7.33. The van der Waals surface area contributed by atoms with Gasteiger partial charge in [0, 0.05) is 5.41 Å². The van der Waals surface area contributed by atoms with Gasteiger partial charge in [0.1, 0.15) is 11.7 Å². The van der Waals surface area contributed by atoms with Gasteiger partial charge in [0.25, 0.3) is 0 Å². The molecule has 0 aromatic carbocycles. The third-order valence-corrected chi connectivity index (χ3v) is 6.07. The Morgan fingerprint density at radius 3 is 2.21 bits per heavy atom. The fourth-order valence-corrected chi connectivity index (χ4v) is 4.13. The Balaban J connectivity index is 1.98. The predicted octanol–water partition coefficient (Wildman–Crippen LogP) is 0.994. The van der Waals surface area contributed by atoms with Crippen LogP contribution >= 0.6 is 0 Å². The highest BCUT2D eigenvalue weighted by atomic mass is 16.6. The molecule has 0 aromatic rings. The van der Waals surface area contributed by atoms with Crippen LogP contribution in [0.4, 0.5) is 0 Å². The summed E-state index contributed by atoms with van der Waals surface area (Å²) in [5, 5.41) is 30.3. The van der Waals surface area contributed by atoms with E-state index in [0.717, 1.165) is 6.42 Å². The van der Waals surface area contributed by atoms with Crippen LogP contribution in [0.3, 0.4) is 0 Å². The van der Waals surface area contributed by atoms with Crippen LogP contribution in [0.5, 0.6) is 0 Å². The third-order valence-electron chi connectivity index (χ3n) is 6.07. The molecule has 0 bridgehead atoms. The smallest absolute Gasteiger partial charge is 0.126 e. The Morgan fingerprint density at radius 1 is 1.11 bits per heavy atom. The summed E-state index contributed by atoms with van der Waals surface area (Å²) in [4.78, 5) is 0. The van der Waals surface area contributed by atoms with Gasteiger partial charge >= 0.3 is 0 Å². The molecule has 1 spiro atoms. The van der Waals surface area contributed by atoms with E-state index in [1.807, 2.05) is 13.0 Å². The van der Waals surface area contributed by atoms with Gasteiger partial charge in [-0.1, -0.05) is 26.0 Å². The van der Waals surface area contributed by atoms with Crippen molar-refractivity contribution < 1.29 is 20.1 Å². The zero-order chi connectivity index (χ0) is 14.1. The summed E-state index contributed by atoms with van der Waals surface area (Å²) in [6, 6.07) is 0. The molecule has 1 saturated carbocycles. The van der Waals surface area contributed by atoms with E-state index in [1.165, 1.54) is 0 Å². The highest BCUT2D eigenvalue weighted by Crippen LogP contribution is 2.66. The van der Waals surface area contributed by atoms with Gasteiger partial charge in [0.2, 0.25) is 0 Å². The van der Waals surface area contributed by atoms with Crippen molar-refractivity contribution >= 4 is 0 Å². The van der Waals surface area contributed by atoms with Crippen molar-refractivity contribution in [2.75, 3.05) is 6.61 Å². The summed E-state index contributed by atoms with van der Waals surface area (Å²) in [6.45, 7) is 6.57. The summed E-state index contributed by atoms with van der Waals surface area (Å²) >= 11 is 0. The van der Waals surface area contributed by atoms with Crippen LogP contribution in [0, 0.1) is 10.8 Å². The number of hydrogen-bond donors (Lipinski definition) is 3. The van der Waals surface area contributed by atoms with Gasteiger partial charge in [0.15, 0.2) is 0 Å². The number of hydrogen-bond acceptors (Lipinski definition) is 4. The first-order chi connectivity index (χ1) is 8.66. The van der Waals surface area contributed by atoms with Crippen LogP contribution in [0.15, 0.2) is 12.2 Å². The van der Waals surface area contributed by atoms with Crippen molar-refractivity contribution in [2.45, 2.75) is 63.4 Å². The monoisotopic (exact) mass is 268 g/mol. The number of aliphatic hydroxyl groups excluding tert-OH is 2. The molecule has 4 heteroatoms. The Morgan fingerprint density at radius 2 is 1.74 bits per heavy atom. The molecule has 0 radical (unpaired) electrons. The summed E-state index contributed by atoms with van der Waals surface area (Å²) in [5.41, 5.74) is -1.83. The van der Waals surface area contributed by atoms with E-state index in [4.69, 9.17) is 4.74 Å². The molecule has 4 nitrogen and oxygen atoms in total. The topological polar surface area (TPSA) is 73.2 Å². The average molecular weight is 268 g/mol. The molecule has 1 saturated heterocycles. The highest BCUT2D eigenvalue weighted by Gasteiger charge is 2.74. The van der Waals surface area contributed by atoms with Crippen molar-refractivity contribution in [3.05, 3.63) is 12.2 Å². The lowest BCUT2D eigenvalue weighted by Gasteiger charge is -2.48. The lowest BCUT2D eigenvalue weighted by Crippen LogP contribution is -2.50. The number of epoxide rings is 1. The molecule has 0 aromatic heterocycles. The van der Waals surface area contributed by atoms with E-state index in [9.17, 15) is 15.3 Å².